The van der Waals surface area contributed by atoms with Gasteiger partial charge in [0.15, 0.2) is 16.8 Å². The molecule has 6 nitrogen and oxygen atoms in total. The molecule has 2 aromatic carbocycles. The summed E-state index contributed by atoms with van der Waals surface area (Å²) in [5, 5.41) is 0.318. The van der Waals surface area contributed by atoms with E-state index in [9.17, 15) is 4.79 Å². The van der Waals surface area contributed by atoms with Crippen molar-refractivity contribution < 1.29 is 23.4 Å². The van der Waals surface area contributed by atoms with Gasteiger partial charge in [0.1, 0.15) is 22.6 Å². The van der Waals surface area contributed by atoms with Crippen molar-refractivity contribution in [1.82, 2.24) is 0 Å². The Hall–Kier alpha value is -3.15. The van der Waals surface area contributed by atoms with Crippen molar-refractivity contribution in [2.75, 3.05) is 21.3 Å². The number of benzene rings is 2. The largest absolute Gasteiger partial charge is 0.497 e. The van der Waals surface area contributed by atoms with E-state index in [4.69, 9.17) is 23.4 Å². The maximum atomic E-state index is 12.9. The van der Waals surface area contributed by atoms with Gasteiger partial charge < -0.3 is 23.4 Å². The first-order valence-corrected chi connectivity index (χ1v) is 8.52. The average molecular weight is 370 g/mol. The number of hydrogen-bond acceptors (Lipinski definition) is 6. The highest BCUT2D eigenvalue weighted by Crippen LogP contribution is 2.41. The molecule has 0 aliphatic heterocycles. The minimum atomic E-state index is -0.223. The fourth-order valence-corrected chi connectivity index (χ4v) is 2.84. The molecule has 0 saturated carbocycles. The van der Waals surface area contributed by atoms with E-state index in [1.54, 1.807) is 25.3 Å². The van der Waals surface area contributed by atoms with Crippen molar-refractivity contribution in [1.29, 1.82) is 0 Å². The van der Waals surface area contributed by atoms with Crippen LogP contribution in [0.4, 0.5) is 0 Å². The molecule has 0 aliphatic carbocycles. The van der Waals surface area contributed by atoms with Crippen LogP contribution < -0.4 is 24.4 Å². The predicted octanol–water partition coefficient (Wildman–Crippen LogP) is 4.27. The highest BCUT2D eigenvalue weighted by Gasteiger charge is 2.21. The number of rotatable bonds is 6. The first kappa shape index (κ1) is 18.6. The Balaban J connectivity index is 2.29. The standard InChI is InChI=1S/C21H22O6/c1-12(2)26-17-11-18(24-4)20(25-5)21-19(17)15(22)10-16(27-21)13-6-8-14(23-3)9-7-13/h6-12H,1-5H3. The van der Waals surface area contributed by atoms with E-state index in [-0.39, 0.29) is 17.1 Å². The number of fused-ring (bicyclic) bond motifs is 1. The molecule has 0 fully saturated rings. The molecule has 0 N–H and O–H groups in total. The minimum absolute atomic E-state index is 0.119. The monoisotopic (exact) mass is 370 g/mol. The SMILES string of the molecule is COc1ccc(-c2cc(=O)c3c(OC(C)C)cc(OC)c(OC)c3o2)cc1. The zero-order chi connectivity index (χ0) is 19.6. The van der Waals surface area contributed by atoms with E-state index in [0.717, 1.165) is 5.56 Å². The van der Waals surface area contributed by atoms with E-state index >= 15 is 0 Å². The molecular formula is C21H22O6. The van der Waals surface area contributed by atoms with Crippen LogP contribution in [0.2, 0.25) is 0 Å². The summed E-state index contributed by atoms with van der Waals surface area (Å²) in [5.41, 5.74) is 0.801. The molecule has 27 heavy (non-hydrogen) atoms. The molecule has 1 heterocycles. The summed E-state index contributed by atoms with van der Waals surface area (Å²) < 4.78 is 27.9. The number of methoxy groups -OCH3 is 3. The van der Waals surface area contributed by atoms with Gasteiger partial charge in [-0.25, -0.2) is 0 Å². The van der Waals surface area contributed by atoms with E-state index in [0.29, 0.717) is 34.1 Å². The van der Waals surface area contributed by atoms with Gasteiger partial charge in [0.2, 0.25) is 5.75 Å². The zero-order valence-corrected chi connectivity index (χ0v) is 16.0. The summed E-state index contributed by atoms with van der Waals surface area (Å²) in [7, 11) is 4.62. The topological polar surface area (TPSA) is 67.1 Å². The molecule has 142 valence electrons. The average Bonchev–Trinajstić information content (AvgIpc) is 2.66. The molecule has 0 bridgehead atoms. The van der Waals surface area contributed by atoms with E-state index in [2.05, 4.69) is 0 Å². The molecule has 1 aromatic heterocycles. The maximum absolute atomic E-state index is 12.9. The summed E-state index contributed by atoms with van der Waals surface area (Å²) in [6.45, 7) is 3.77. The smallest absolute Gasteiger partial charge is 0.205 e. The van der Waals surface area contributed by atoms with Crippen LogP contribution in [0.1, 0.15) is 13.8 Å². The lowest BCUT2D eigenvalue weighted by Gasteiger charge is -2.16. The molecule has 0 spiro atoms. The quantitative estimate of drug-likeness (QED) is 0.645. The third-order valence-corrected chi connectivity index (χ3v) is 4.05. The summed E-state index contributed by atoms with van der Waals surface area (Å²) >= 11 is 0. The zero-order valence-electron chi connectivity index (χ0n) is 16.0. The van der Waals surface area contributed by atoms with Crippen LogP contribution in [0.3, 0.4) is 0 Å². The summed E-state index contributed by atoms with van der Waals surface area (Å²) in [6, 6.07) is 10.3. The number of ether oxygens (including phenoxy) is 4. The fourth-order valence-electron chi connectivity index (χ4n) is 2.84. The van der Waals surface area contributed by atoms with Gasteiger partial charge >= 0.3 is 0 Å². The molecule has 0 radical (unpaired) electrons. The van der Waals surface area contributed by atoms with Crippen LogP contribution in [-0.2, 0) is 0 Å². The van der Waals surface area contributed by atoms with Crippen molar-refractivity contribution in [2.45, 2.75) is 20.0 Å². The fraction of sp³-hybridized carbons (Fsp3) is 0.286. The first-order chi connectivity index (χ1) is 13.0. The van der Waals surface area contributed by atoms with Gasteiger partial charge in [-0.3, -0.25) is 4.79 Å². The van der Waals surface area contributed by atoms with Crippen molar-refractivity contribution >= 4 is 11.0 Å². The Morgan fingerprint density at radius 1 is 0.889 bits per heavy atom. The highest BCUT2D eigenvalue weighted by atomic mass is 16.5. The Bertz CT molecular complexity index is 1000. The summed E-state index contributed by atoms with van der Waals surface area (Å²) in [4.78, 5) is 12.9. The van der Waals surface area contributed by atoms with Crippen molar-refractivity contribution in [3.8, 4) is 34.3 Å². The van der Waals surface area contributed by atoms with E-state index < -0.39 is 0 Å². The first-order valence-electron chi connectivity index (χ1n) is 8.52. The van der Waals surface area contributed by atoms with Gasteiger partial charge in [-0.2, -0.15) is 0 Å². The molecule has 6 heteroatoms. The van der Waals surface area contributed by atoms with Crippen LogP contribution >= 0.6 is 0 Å². The Morgan fingerprint density at radius 3 is 2.15 bits per heavy atom. The molecule has 0 saturated heterocycles. The van der Waals surface area contributed by atoms with Crippen molar-refractivity contribution in [3.05, 3.63) is 46.6 Å². The summed E-state index contributed by atoms with van der Waals surface area (Å²) in [5.74, 6) is 2.30. The lowest BCUT2D eigenvalue weighted by molar-refractivity contribution is 0.243. The van der Waals surface area contributed by atoms with Gasteiger partial charge in [0.25, 0.3) is 0 Å². The lowest BCUT2D eigenvalue weighted by Crippen LogP contribution is -2.10. The molecular weight excluding hydrogens is 348 g/mol. The van der Waals surface area contributed by atoms with Gasteiger partial charge in [-0.05, 0) is 38.1 Å². The minimum Gasteiger partial charge on any atom is -0.497 e. The molecule has 0 unspecified atom stereocenters. The van der Waals surface area contributed by atoms with E-state index in [1.165, 1.54) is 20.3 Å². The van der Waals surface area contributed by atoms with Crippen LogP contribution in [0.15, 0.2) is 45.6 Å². The molecule has 0 atom stereocenters. The van der Waals surface area contributed by atoms with Crippen LogP contribution in [0.25, 0.3) is 22.3 Å². The Labute approximate surface area is 157 Å². The van der Waals surface area contributed by atoms with Crippen LogP contribution in [-0.4, -0.2) is 27.4 Å². The van der Waals surface area contributed by atoms with Gasteiger partial charge in [0.05, 0.1) is 27.4 Å². The Morgan fingerprint density at radius 2 is 1.59 bits per heavy atom. The molecule has 0 aliphatic rings. The summed E-state index contributed by atoms with van der Waals surface area (Å²) in [6.07, 6.45) is -0.119. The van der Waals surface area contributed by atoms with Crippen molar-refractivity contribution in [2.24, 2.45) is 0 Å². The predicted molar refractivity (Wildman–Crippen MR) is 103 cm³/mol. The normalized spacial score (nSPS) is 10.9. The third-order valence-electron chi connectivity index (χ3n) is 4.05. The highest BCUT2D eigenvalue weighted by molar-refractivity contribution is 5.92. The Kier molecular flexibility index (Phi) is 5.26. The van der Waals surface area contributed by atoms with E-state index in [1.807, 2.05) is 26.0 Å². The second-order valence-electron chi connectivity index (χ2n) is 6.18. The van der Waals surface area contributed by atoms with Gasteiger partial charge in [-0.1, -0.05) is 0 Å². The van der Waals surface area contributed by atoms with Crippen LogP contribution in [0.5, 0.6) is 23.0 Å². The molecule has 0 amide bonds. The van der Waals surface area contributed by atoms with Gasteiger partial charge in [0, 0.05) is 17.7 Å². The maximum Gasteiger partial charge on any atom is 0.205 e. The van der Waals surface area contributed by atoms with Crippen LogP contribution in [0, 0.1) is 0 Å². The third kappa shape index (κ3) is 3.56. The lowest BCUT2D eigenvalue weighted by atomic mass is 10.1. The molecule has 3 rings (SSSR count). The van der Waals surface area contributed by atoms with Gasteiger partial charge in [-0.15, -0.1) is 0 Å². The second kappa shape index (κ2) is 7.61. The van der Waals surface area contributed by atoms with Crippen molar-refractivity contribution in [3.63, 3.8) is 0 Å². The number of hydrogen-bond donors (Lipinski definition) is 0. The second-order valence-corrected chi connectivity index (χ2v) is 6.18. The molecule has 3 aromatic rings.